The summed E-state index contributed by atoms with van der Waals surface area (Å²) >= 11 is 0. The van der Waals surface area contributed by atoms with Gasteiger partial charge in [0.05, 0.1) is 6.17 Å². The summed E-state index contributed by atoms with van der Waals surface area (Å²) in [7, 11) is 0. The molecule has 0 aromatic heterocycles. The van der Waals surface area contributed by atoms with Gasteiger partial charge in [0.25, 0.3) is 0 Å². The molecule has 1 saturated heterocycles. The minimum absolute atomic E-state index is 0.273. The minimum Gasteiger partial charge on any atom is -0.316 e. The zero-order chi connectivity index (χ0) is 5.28. The lowest BCUT2D eigenvalue weighted by molar-refractivity contribution is 0.604. The van der Waals surface area contributed by atoms with Crippen LogP contribution in [-0.4, -0.2) is 12.7 Å². The van der Waals surface area contributed by atoms with Crippen molar-refractivity contribution >= 4 is 0 Å². The van der Waals surface area contributed by atoms with Gasteiger partial charge in [-0.3, -0.25) is 0 Å². The van der Waals surface area contributed by atoms with E-state index < -0.39 is 0 Å². The van der Waals surface area contributed by atoms with Gasteiger partial charge in [0.2, 0.25) is 0 Å². The van der Waals surface area contributed by atoms with Crippen molar-refractivity contribution < 1.29 is 0 Å². The lowest BCUT2D eigenvalue weighted by Gasteiger charge is -1.96. The molecular formula is C5H12N2. The minimum atomic E-state index is 0.273. The average molecular weight is 100 g/mol. The van der Waals surface area contributed by atoms with E-state index in [1.54, 1.807) is 0 Å². The molecule has 2 heteroatoms. The number of nitrogens with two attached hydrogens (primary N) is 1. The Labute approximate surface area is 44.1 Å². The third kappa shape index (κ3) is 1.14. The summed E-state index contributed by atoms with van der Waals surface area (Å²) in [6.07, 6.45) is 1.41. The molecule has 2 nitrogen and oxygen atoms in total. The molecule has 2 atom stereocenters. The van der Waals surface area contributed by atoms with Crippen molar-refractivity contribution in [1.82, 2.24) is 5.32 Å². The van der Waals surface area contributed by atoms with Crippen LogP contribution in [-0.2, 0) is 0 Å². The van der Waals surface area contributed by atoms with Gasteiger partial charge >= 0.3 is 0 Å². The second kappa shape index (κ2) is 1.80. The zero-order valence-electron chi connectivity index (χ0n) is 4.65. The topological polar surface area (TPSA) is 38.0 Å². The molecule has 0 bridgehead atoms. The highest BCUT2D eigenvalue weighted by Gasteiger charge is 2.15. The second-order valence-electron chi connectivity index (χ2n) is 2.36. The van der Waals surface area contributed by atoms with E-state index in [-0.39, 0.29) is 6.17 Å². The molecule has 0 aromatic carbocycles. The lowest BCUT2D eigenvalue weighted by Crippen LogP contribution is -2.30. The number of hydrogen-bond donors (Lipinski definition) is 2. The molecule has 0 amide bonds. The molecule has 1 rings (SSSR count). The monoisotopic (exact) mass is 100 g/mol. The second-order valence-corrected chi connectivity index (χ2v) is 2.36. The van der Waals surface area contributed by atoms with Crippen molar-refractivity contribution in [2.24, 2.45) is 11.7 Å². The largest absolute Gasteiger partial charge is 0.316 e. The van der Waals surface area contributed by atoms with Crippen molar-refractivity contribution in [2.75, 3.05) is 6.54 Å². The summed E-state index contributed by atoms with van der Waals surface area (Å²) in [5.74, 6) is 0.787. The Morgan fingerprint density at radius 2 is 2.43 bits per heavy atom. The van der Waals surface area contributed by atoms with Crippen LogP contribution >= 0.6 is 0 Å². The molecule has 1 heterocycles. The molecule has 42 valence electrons. The highest BCUT2D eigenvalue weighted by atomic mass is 15.0. The van der Waals surface area contributed by atoms with E-state index in [1.807, 2.05) is 0 Å². The summed E-state index contributed by atoms with van der Waals surface area (Å²) in [4.78, 5) is 0. The van der Waals surface area contributed by atoms with Gasteiger partial charge in [-0.2, -0.15) is 0 Å². The summed E-state index contributed by atoms with van der Waals surface area (Å²) < 4.78 is 0. The summed E-state index contributed by atoms with van der Waals surface area (Å²) in [5, 5.41) is 3.15. The Kier molecular flexibility index (Phi) is 1.30. The molecule has 0 aliphatic carbocycles. The van der Waals surface area contributed by atoms with Gasteiger partial charge < -0.3 is 11.1 Å². The fourth-order valence-electron chi connectivity index (χ4n) is 0.953. The van der Waals surface area contributed by atoms with E-state index in [0.717, 1.165) is 18.9 Å². The molecule has 0 saturated carbocycles. The van der Waals surface area contributed by atoms with E-state index in [2.05, 4.69) is 12.2 Å². The fraction of sp³-hybridized carbons (Fsp3) is 1.00. The van der Waals surface area contributed by atoms with Crippen LogP contribution in [0.2, 0.25) is 0 Å². The fourth-order valence-corrected chi connectivity index (χ4v) is 0.953. The maximum absolute atomic E-state index is 5.51. The van der Waals surface area contributed by atoms with Crippen molar-refractivity contribution in [1.29, 1.82) is 0 Å². The van der Waals surface area contributed by atoms with E-state index >= 15 is 0 Å². The molecular weight excluding hydrogens is 88.1 g/mol. The van der Waals surface area contributed by atoms with Gasteiger partial charge in [-0.1, -0.05) is 6.92 Å². The molecule has 1 aliphatic heterocycles. The lowest BCUT2D eigenvalue weighted by atomic mass is 10.1. The van der Waals surface area contributed by atoms with Crippen LogP contribution in [0.5, 0.6) is 0 Å². The van der Waals surface area contributed by atoms with Crippen LogP contribution in [0.3, 0.4) is 0 Å². The maximum atomic E-state index is 5.51. The SMILES string of the molecule is CC1CN[C@@H](N)C1. The molecule has 7 heavy (non-hydrogen) atoms. The Balaban J connectivity index is 2.26. The number of nitrogens with one attached hydrogen (secondary N) is 1. The predicted molar refractivity (Wildman–Crippen MR) is 29.8 cm³/mol. The molecule has 1 unspecified atom stereocenters. The number of hydrogen-bond acceptors (Lipinski definition) is 2. The zero-order valence-corrected chi connectivity index (χ0v) is 4.65. The molecule has 0 aromatic rings. The molecule has 1 aliphatic rings. The summed E-state index contributed by atoms with van der Waals surface area (Å²) in [5.41, 5.74) is 5.51. The van der Waals surface area contributed by atoms with E-state index in [0.29, 0.717) is 0 Å². The van der Waals surface area contributed by atoms with Crippen LogP contribution in [0.15, 0.2) is 0 Å². The molecule has 0 spiro atoms. The average Bonchev–Trinajstić information content (AvgIpc) is 1.87. The number of rotatable bonds is 0. The third-order valence-corrected chi connectivity index (χ3v) is 1.38. The Hall–Kier alpha value is -0.0800. The smallest absolute Gasteiger partial charge is 0.0549 e. The highest BCUT2D eigenvalue weighted by molar-refractivity contribution is 4.73. The normalized spacial score (nSPS) is 42.0. The van der Waals surface area contributed by atoms with E-state index in [9.17, 15) is 0 Å². The van der Waals surface area contributed by atoms with Crippen LogP contribution in [0.1, 0.15) is 13.3 Å². The van der Waals surface area contributed by atoms with E-state index in [1.165, 1.54) is 0 Å². The van der Waals surface area contributed by atoms with Gasteiger partial charge in [-0.25, -0.2) is 0 Å². The predicted octanol–water partition coefficient (Wildman–Crippen LogP) is -0.0994. The van der Waals surface area contributed by atoms with Crippen LogP contribution in [0.4, 0.5) is 0 Å². The van der Waals surface area contributed by atoms with Crippen LogP contribution in [0.25, 0.3) is 0 Å². The third-order valence-electron chi connectivity index (χ3n) is 1.38. The first-order valence-corrected chi connectivity index (χ1v) is 2.78. The van der Waals surface area contributed by atoms with Crippen LogP contribution in [0, 0.1) is 5.92 Å². The standard InChI is InChI=1S/C5H12N2/c1-4-2-5(6)7-3-4/h4-5,7H,2-3,6H2,1H3/t4?,5-/m1/s1. The Morgan fingerprint density at radius 3 is 2.57 bits per heavy atom. The first-order valence-electron chi connectivity index (χ1n) is 2.78. The summed E-state index contributed by atoms with van der Waals surface area (Å²) in [6.45, 7) is 3.31. The maximum Gasteiger partial charge on any atom is 0.0549 e. The molecule has 3 N–H and O–H groups in total. The Bertz CT molecular complexity index is 55.1. The van der Waals surface area contributed by atoms with Crippen molar-refractivity contribution in [3.05, 3.63) is 0 Å². The van der Waals surface area contributed by atoms with Gasteiger partial charge in [0, 0.05) is 0 Å². The highest BCUT2D eigenvalue weighted by Crippen LogP contribution is 2.07. The quantitative estimate of drug-likeness (QED) is 0.446. The Morgan fingerprint density at radius 1 is 1.71 bits per heavy atom. The van der Waals surface area contributed by atoms with Crippen molar-refractivity contribution in [3.8, 4) is 0 Å². The van der Waals surface area contributed by atoms with Crippen molar-refractivity contribution in [2.45, 2.75) is 19.5 Å². The molecule has 1 fully saturated rings. The van der Waals surface area contributed by atoms with Gasteiger partial charge in [0.15, 0.2) is 0 Å². The first kappa shape index (κ1) is 5.06. The molecule has 0 radical (unpaired) electrons. The van der Waals surface area contributed by atoms with E-state index in [4.69, 9.17) is 5.73 Å². The van der Waals surface area contributed by atoms with Crippen LogP contribution < -0.4 is 11.1 Å². The van der Waals surface area contributed by atoms with Crippen molar-refractivity contribution in [3.63, 3.8) is 0 Å². The van der Waals surface area contributed by atoms with Gasteiger partial charge in [0.1, 0.15) is 0 Å². The summed E-state index contributed by atoms with van der Waals surface area (Å²) in [6, 6.07) is 0. The van der Waals surface area contributed by atoms with Gasteiger partial charge in [-0.05, 0) is 18.9 Å². The first-order chi connectivity index (χ1) is 3.29. The van der Waals surface area contributed by atoms with Gasteiger partial charge in [-0.15, -0.1) is 0 Å².